The fourth-order valence-corrected chi connectivity index (χ4v) is 5.50. The smallest absolute Gasteiger partial charge is 0.259 e. The minimum Gasteiger partial charge on any atom is -0.494 e. The summed E-state index contributed by atoms with van der Waals surface area (Å²) in [6, 6.07) is 3.47. The molecular formula is C25H25ClN6O3S. The largest absolute Gasteiger partial charge is 0.494 e. The van der Waals surface area contributed by atoms with Crippen molar-refractivity contribution < 1.29 is 14.6 Å². The molecule has 1 saturated carbocycles. The van der Waals surface area contributed by atoms with Gasteiger partial charge in [-0.2, -0.15) is 4.98 Å². The van der Waals surface area contributed by atoms with Crippen molar-refractivity contribution in [3.8, 4) is 16.9 Å². The average molecular weight is 525 g/mol. The van der Waals surface area contributed by atoms with Crippen molar-refractivity contribution in [1.82, 2.24) is 24.9 Å². The maximum absolute atomic E-state index is 13.3. The standard InChI is InChI=1S/C25H25ClN6O3S/c1-13-7-16(17-8-21(26)28-11-20(17)35-2)18(9-27-13)23(34)32-25-31-22-24(36-25)30-19(10-29-22)15-5-3-14(12-33)4-6-15/h7-11,14-15,33H,3-6,12H2,1-2H3,(H,29,31,32,34). The summed E-state index contributed by atoms with van der Waals surface area (Å²) in [5.74, 6) is 0.836. The maximum atomic E-state index is 13.3. The van der Waals surface area contributed by atoms with Crippen molar-refractivity contribution in [3.63, 3.8) is 0 Å². The zero-order valence-corrected chi connectivity index (χ0v) is 21.4. The van der Waals surface area contributed by atoms with E-state index in [1.165, 1.54) is 30.8 Å². The molecule has 1 aliphatic carbocycles. The van der Waals surface area contributed by atoms with Gasteiger partial charge in [-0.3, -0.25) is 15.1 Å². The number of halogens is 1. The molecular weight excluding hydrogens is 500 g/mol. The Hall–Kier alpha value is -3.21. The van der Waals surface area contributed by atoms with Gasteiger partial charge in [0.2, 0.25) is 0 Å². The van der Waals surface area contributed by atoms with Crippen LogP contribution in [0.4, 0.5) is 5.13 Å². The summed E-state index contributed by atoms with van der Waals surface area (Å²) >= 11 is 7.42. The third kappa shape index (κ3) is 5.02. The van der Waals surface area contributed by atoms with E-state index in [1.54, 1.807) is 12.3 Å². The van der Waals surface area contributed by atoms with Crippen molar-refractivity contribution in [1.29, 1.82) is 0 Å². The first-order chi connectivity index (χ1) is 17.4. The van der Waals surface area contributed by atoms with Gasteiger partial charge in [-0.25, -0.2) is 15.0 Å². The number of methoxy groups -OCH3 is 1. The Morgan fingerprint density at radius 2 is 1.92 bits per heavy atom. The lowest BCUT2D eigenvalue weighted by atomic mass is 9.81. The lowest BCUT2D eigenvalue weighted by Crippen LogP contribution is -2.16. The number of carbonyl (C=O) groups excluding carboxylic acids is 1. The van der Waals surface area contributed by atoms with Gasteiger partial charge in [0.05, 0.1) is 30.8 Å². The number of hydrogen-bond donors (Lipinski definition) is 2. The molecule has 0 spiro atoms. The first-order valence-corrected chi connectivity index (χ1v) is 12.9. The Labute approximate surface area is 217 Å². The summed E-state index contributed by atoms with van der Waals surface area (Å²) in [5.41, 5.74) is 3.79. The van der Waals surface area contributed by atoms with E-state index in [1.807, 2.05) is 13.0 Å². The van der Waals surface area contributed by atoms with Crippen LogP contribution in [0.1, 0.15) is 53.3 Å². The highest BCUT2D eigenvalue weighted by Crippen LogP contribution is 2.36. The highest BCUT2D eigenvalue weighted by Gasteiger charge is 2.24. The molecule has 4 aromatic rings. The molecule has 0 aliphatic heterocycles. The van der Waals surface area contributed by atoms with Crippen LogP contribution in [0.5, 0.6) is 5.75 Å². The molecule has 2 N–H and O–H groups in total. The Bertz CT molecular complexity index is 1420. The van der Waals surface area contributed by atoms with Crippen molar-refractivity contribution in [2.24, 2.45) is 5.92 Å². The van der Waals surface area contributed by atoms with Gasteiger partial charge in [0.25, 0.3) is 5.91 Å². The predicted octanol–water partition coefficient (Wildman–Crippen LogP) is 5.03. The van der Waals surface area contributed by atoms with Gasteiger partial charge in [0.15, 0.2) is 15.6 Å². The quantitative estimate of drug-likeness (QED) is 0.336. The minimum absolute atomic E-state index is 0.245. The normalized spacial score (nSPS) is 17.8. The first-order valence-electron chi connectivity index (χ1n) is 11.7. The summed E-state index contributed by atoms with van der Waals surface area (Å²) in [7, 11) is 1.54. The van der Waals surface area contributed by atoms with Crippen LogP contribution >= 0.6 is 22.9 Å². The molecule has 4 heterocycles. The molecule has 9 nitrogen and oxygen atoms in total. The molecule has 1 amide bonds. The zero-order chi connectivity index (χ0) is 25.2. The molecule has 1 aliphatic rings. The number of aromatic nitrogens is 5. The molecule has 186 valence electrons. The van der Waals surface area contributed by atoms with E-state index in [0.717, 1.165) is 37.1 Å². The van der Waals surface area contributed by atoms with Crippen molar-refractivity contribution >= 4 is 44.5 Å². The molecule has 0 atom stereocenters. The molecule has 5 rings (SSSR count). The number of pyridine rings is 2. The van der Waals surface area contributed by atoms with Gasteiger partial charge in [-0.05, 0) is 50.7 Å². The third-order valence-electron chi connectivity index (χ3n) is 6.51. The second-order valence-electron chi connectivity index (χ2n) is 8.88. The monoisotopic (exact) mass is 524 g/mol. The molecule has 0 bridgehead atoms. The third-order valence-corrected chi connectivity index (χ3v) is 7.58. The molecule has 1 fully saturated rings. The van der Waals surface area contributed by atoms with E-state index in [4.69, 9.17) is 21.3 Å². The van der Waals surface area contributed by atoms with Crippen LogP contribution in [0.2, 0.25) is 5.15 Å². The van der Waals surface area contributed by atoms with Crippen LogP contribution in [-0.2, 0) is 0 Å². The lowest BCUT2D eigenvalue weighted by Gasteiger charge is -2.26. The van der Waals surface area contributed by atoms with E-state index < -0.39 is 0 Å². The first kappa shape index (κ1) is 24.5. The van der Waals surface area contributed by atoms with Gasteiger partial charge in [-0.15, -0.1) is 0 Å². The van der Waals surface area contributed by atoms with Gasteiger partial charge < -0.3 is 9.84 Å². The fourth-order valence-electron chi connectivity index (χ4n) is 4.54. The van der Waals surface area contributed by atoms with Crippen LogP contribution < -0.4 is 10.1 Å². The van der Waals surface area contributed by atoms with Crippen LogP contribution in [0.25, 0.3) is 21.6 Å². The van der Waals surface area contributed by atoms with Gasteiger partial charge in [-0.1, -0.05) is 22.9 Å². The molecule has 0 unspecified atom stereocenters. The number of carbonyl (C=O) groups is 1. The maximum Gasteiger partial charge on any atom is 0.259 e. The van der Waals surface area contributed by atoms with E-state index >= 15 is 0 Å². The molecule has 11 heteroatoms. The average Bonchev–Trinajstić information content (AvgIpc) is 3.30. The van der Waals surface area contributed by atoms with Gasteiger partial charge in [0.1, 0.15) is 10.9 Å². The highest BCUT2D eigenvalue weighted by atomic mass is 35.5. The second kappa shape index (κ2) is 10.4. The van der Waals surface area contributed by atoms with E-state index in [-0.39, 0.29) is 17.7 Å². The summed E-state index contributed by atoms with van der Waals surface area (Å²) in [4.78, 5) is 36.1. The number of nitrogens with zero attached hydrogens (tertiary/aromatic N) is 5. The summed E-state index contributed by atoms with van der Waals surface area (Å²) in [6.45, 7) is 2.09. The zero-order valence-electron chi connectivity index (χ0n) is 19.9. The van der Waals surface area contributed by atoms with Crippen molar-refractivity contribution in [2.45, 2.75) is 38.5 Å². The van der Waals surface area contributed by atoms with Crippen LogP contribution in [0, 0.1) is 12.8 Å². The van der Waals surface area contributed by atoms with Crippen LogP contribution in [0.3, 0.4) is 0 Å². The summed E-state index contributed by atoms with van der Waals surface area (Å²) in [5, 5.41) is 13.0. The van der Waals surface area contributed by atoms with Gasteiger partial charge >= 0.3 is 0 Å². The number of amides is 1. The van der Waals surface area contributed by atoms with Crippen LogP contribution in [-0.4, -0.2) is 49.7 Å². The second-order valence-corrected chi connectivity index (χ2v) is 10.2. The van der Waals surface area contributed by atoms with Crippen LogP contribution in [0.15, 0.2) is 30.7 Å². The number of rotatable bonds is 6. The fraction of sp³-hybridized carbons (Fsp3) is 0.360. The number of nitrogens with one attached hydrogen (secondary N) is 1. The van der Waals surface area contributed by atoms with E-state index in [0.29, 0.717) is 49.9 Å². The van der Waals surface area contributed by atoms with Crippen molar-refractivity contribution in [2.75, 3.05) is 19.0 Å². The minimum atomic E-state index is -0.367. The van der Waals surface area contributed by atoms with E-state index in [9.17, 15) is 9.90 Å². The molecule has 0 radical (unpaired) electrons. The molecule has 0 saturated heterocycles. The molecule has 4 aromatic heterocycles. The lowest BCUT2D eigenvalue weighted by molar-refractivity contribution is 0.102. The Balaban J connectivity index is 1.41. The number of fused-ring (bicyclic) bond motifs is 1. The number of hydrogen-bond acceptors (Lipinski definition) is 9. The number of thiazole rings is 1. The Kier molecular flexibility index (Phi) is 7.08. The Morgan fingerprint density at radius 3 is 2.67 bits per heavy atom. The SMILES string of the molecule is COc1cnc(Cl)cc1-c1cc(C)ncc1C(=O)Nc1nc2ncc(C3CCC(CO)CC3)nc2s1. The number of aliphatic hydroxyl groups excluding tert-OH is 1. The predicted molar refractivity (Wildman–Crippen MR) is 139 cm³/mol. The van der Waals surface area contributed by atoms with Gasteiger partial charge in [0, 0.05) is 35.5 Å². The number of aryl methyl sites for hydroxylation is 1. The van der Waals surface area contributed by atoms with Crippen molar-refractivity contribution in [3.05, 3.63) is 52.8 Å². The highest BCUT2D eigenvalue weighted by molar-refractivity contribution is 7.21. The Morgan fingerprint density at radius 1 is 1.11 bits per heavy atom. The van der Waals surface area contributed by atoms with E-state index in [2.05, 4.69) is 25.3 Å². The number of anilines is 1. The summed E-state index contributed by atoms with van der Waals surface area (Å²) < 4.78 is 5.45. The number of aliphatic hydroxyl groups is 1. The molecule has 36 heavy (non-hydrogen) atoms. The number of ether oxygens (including phenoxy) is 1. The molecule has 0 aromatic carbocycles. The topological polar surface area (TPSA) is 123 Å². The summed E-state index contributed by atoms with van der Waals surface area (Å²) in [6.07, 6.45) is 8.78.